The summed E-state index contributed by atoms with van der Waals surface area (Å²) in [6.45, 7) is 3.84. The number of carbonyl (C=O) groups excluding carboxylic acids is 1. The smallest absolute Gasteiger partial charge is 0.209 e. The van der Waals surface area contributed by atoms with Crippen LogP contribution in [0.2, 0.25) is 0 Å². The zero-order chi connectivity index (χ0) is 11.2. The maximum atomic E-state index is 10.7. The first-order valence-corrected chi connectivity index (χ1v) is 6.35. The first-order valence-electron chi connectivity index (χ1n) is 6.35. The van der Waals surface area contributed by atoms with Crippen LogP contribution in [-0.2, 0) is 4.79 Å². The van der Waals surface area contributed by atoms with E-state index in [1.807, 2.05) is 4.90 Å². The number of hydrogen-bond donors (Lipinski definition) is 1. The second-order valence-corrected chi connectivity index (χ2v) is 4.73. The molecule has 1 amide bonds. The Bertz CT molecular complexity index is 265. The van der Waals surface area contributed by atoms with Crippen LogP contribution in [0.3, 0.4) is 0 Å². The van der Waals surface area contributed by atoms with Crippen LogP contribution in [0.25, 0.3) is 0 Å². The molecule has 0 bridgehead atoms. The second-order valence-electron chi connectivity index (χ2n) is 4.73. The van der Waals surface area contributed by atoms with Crippen molar-refractivity contribution in [1.82, 2.24) is 10.2 Å². The molecule has 1 N–H and O–H groups in total. The molecule has 4 nitrogen and oxygen atoms in total. The van der Waals surface area contributed by atoms with Crippen LogP contribution in [0, 0.1) is 5.92 Å². The number of rotatable bonds is 4. The van der Waals surface area contributed by atoms with Crippen molar-refractivity contribution in [2.75, 3.05) is 26.2 Å². The molecule has 2 rings (SSSR count). The predicted molar refractivity (Wildman–Crippen MR) is 64.5 cm³/mol. The second kappa shape index (κ2) is 5.87. The lowest BCUT2D eigenvalue weighted by Gasteiger charge is -2.15. The Morgan fingerprint density at radius 2 is 2.38 bits per heavy atom. The molecule has 1 saturated heterocycles. The van der Waals surface area contributed by atoms with Gasteiger partial charge in [0.25, 0.3) is 0 Å². The van der Waals surface area contributed by atoms with E-state index in [9.17, 15) is 4.79 Å². The zero-order valence-electron chi connectivity index (χ0n) is 9.82. The first-order chi connectivity index (χ1) is 7.88. The molecule has 4 heteroatoms. The van der Waals surface area contributed by atoms with Crippen LogP contribution >= 0.6 is 0 Å². The van der Waals surface area contributed by atoms with E-state index >= 15 is 0 Å². The number of aliphatic imine (C=N–C) groups is 1. The fraction of sp³-hybridized carbons (Fsp3) is 0.833. The average Bonchev–Trinajstić information content (AvgIpc) is 2.72. The third-order valence-electron chi connectivity index (χ3n) is 3.56. The lowest BCUT2D eigenvalue weighted by atomic mass is 9.95. The van der Waals surface area contributed by atoms with Crippen LogP contribution in [0.4, 0.5) is 0 Å². The lowest BCUT2D eigenvalue weighted by molar-refractivity contribution is -0.118. The van der Waals surface area contributed by atoms with Crippen LogP contribution in [-0.4, -0.2) is 43.3 Å². The van der Waals surface area contributed by atoms with Gasteiger partial charge in [-0.25, -0.2) is 0 Å². The number of amides is 1. The van der Waals surface area contributed by atoms with E-state index in [0.29, 0.717) is 0 Å². The normalized spacial score (nSPS) is 25.9. The summed E-state index contributed by atoms with van der Waals surface area (Å²) in [7, 11) is 0. The molecule has 2 heterocycles. The monoisotopic (exact) mass is 223 g/mol. The topological polar surface area (TPSA) is 44.7 Å². The molecule has 2 aliphatic rings. The highest BCUT2D eigenvalue weighted by atomic mass is 16.1. The van der Waals surface area contributed by atoms with Gasteiger partial charge >= 0.3 is 0 Å². The minimum absolute atomic E-state index is 0.773. The first kappa shape index (κ1) is 11.4. The Hall–Kier alpha value is -1.06. The fourth-order valence-electron chi connectivity index (χ4n) is 2.54. The van der Waals surface area contributed by atoms with Crippen molar-refractivity contribution in [2.45, 2.75) is 32.1 Å². The predicted octanol–water partition coefficient (Wildman–Crippen LogP) is 1.03. The summed E-state index contributed by atoms with van der Waals surface area (Å²) in [5, 5.41) is 3.32. The molecule has 1 unspecified atom stereocenters. The molecule has 2 aliphatic heterocycles. The molecule has 90 valence electrons. The zero-order valence-corrected chi connectivity index (χ0v) is 9.82. The molecule has 0 spiro atoms. The fourth-order valence-corrected chi connectivity index (χ4v) is 2.54. The number of amidine groups is 1. The number of nitrogens with one attached hydrogen (secondary N) is 1. The molecular weight excluding hydrogens is 202 g/mol. The van der Waals surface area contributed by atoms with Gasteiger partial charge in [0.2, 0.25) is 6.41 Å². The van der Waals surface area contributed by atoms with Gasteiger partial charge < -0.3 is 10.2 Å². The summed E-state index contributed by atoms with van der Waals surface area (Å²) in [4.78, 5) is 17.0. The van der Waals surface area contributed by atoms with Crippen molar-refractivity contribution >= 4 is 12.2 Å². The van der Waals surface area contributed by atoms with Gasteiger partial charge in [-0.3, -0.25) is 9.79 Å². The van der Waals surface area contributed by atoms with Crippen LogP contribution < -0.4 is 5.32 Å². The van der Waals surface area contributed by atoms with Crippen molar-refractivity contribution in [3.05, 3.63) is 0 Å². The Kier molecular flexibility index (Phi) is 4.19. The van der Waals surface area contributed by atoms with Crippen molar-refractivity contribution in [3.63, 3.8) is 0 Å². The summed E-state index contributed by atoms with van der Waals surface area (Å²) in [6.07, 6.45) is 6.88. The van der Waals surface area contributed by atoms with E-state index in [-0.39, 0.29) is 0 Å². The Balaban J connectivity index is 1.71. The van der Waals surface area contributed by atoms with Gasteiger partial charge in [-0.05, 0) is 31.6 Å². The van der Waals surface area contributed by atoms with Gasteiger partial charge in [-0.2, -0.15) is 0 Å². The quantitative estimate of drug-likeness (QED) is 0.723. The third kappa shape index (κ3) is 3.22. The van der Waals surface area contributed by atoms with Gasteiger partial charge in [0.1, 0.15) is 0 Å². The Morgan fingerprint density at radius 1 is 1.44 bits per heavy atom. The van der Waals surface area contributed by atoms with Gasteiger partial charge in [0.05, 0.1) is 12.4 Å². The summed E-state index contributed by atoms with van der Waals surface area (Å²) in [6, 6.07) is 0. The molecule has 0 aliphatic carbocycles. The van der Waals surface area contributed by atoms with E-state index in [4.69, 9.17) is 0 Å². The molecule has 0 saturated carbocycles. The van der Waals surface area contributed by atoms with Crippen molar-refractivity contribution in [2.24, 2.45) is 10.9 Å². The lowest BCUT2D eigenvalue weighted by Crippen LogP contribution is -2.23. The third-order valence-corrected chi connectivity index (χ3v) is 3.56. The molecule has 0 aromatic heterocycles. The summed E-state index contributed by atoms with van der Waals surface area (Å²) in [5.41, 5.74) is 0. The van der Waals surface area contributed by atoms with Gasteiger partial charge in [0, 0.05) is 26.1 Å². The van der Waals surface area contributed by atoms with E-state index < -0.39 is 0 Å². The highest BCUT2D eigenvalue weighted by molar-refractivity contribution is 5.83. The largest absolute Gasteiger partial charge is 0.372 e. The molecular formula is C12H21N3O. The van der Waals surface area contributed by atoms with E-state index in [1.165, 1.54) is 18.7 Å². The van der Waals surface area contributed by atoms with Gasteiger partial charge in [0.15, 0.2) is 0 Å². The van der Waals surface area contributed by atoms with Crippen LogP contribution in [0.15, 0.2) is 4.99 Å². The molecule has 0 aromatic carbocycles. The molecule has 1 atom stereocenters. The maximum Gasteiger partial charge on any atom is 0.209 e. The average molecular weight is 223 g/mol. The summed E-state index contributed by atoms with van der Waals surface area (Å²) in [5.74, 6) is 1.96. The highest BCUT2D eigenvalue weighted by Crippen LogP contribution is 2.21. The SMILES string of the molecule is O=CN1CCCC(CCC2=NCCN2)CC1. The molecule has 0 aromatic rings. The van der Waals surface area contributed by atoms with Crippen molar-refractivity contribution < 1.29 is 4.79 Å². The van der Waals surface area contributed by atoms with E-state index in [2.05, 4.69) is 10.3 Å². The summed E-state index contributed by atoms with van der Waals surface area (Å²) >= 11 is 0. The van der Waals surface area contributed by atoms with Crippen LogP contribution in [0.5, 0.6) is 0 Å². The highest BCUT2D eigenvalue weighted by Gasteiger charge is 2.16. The number of carbonyl (C=O) groups is 1. The standard InChI is InChI=1S/C12H21N3O/c16-10-15-8-1-2-11(5-9-15)3-4-12-13-6-7-14-12/h10-11H,1-9H2,(H,13,14). The van der Waals surface area contributed by atoms with Crippen molar-refractivity contribution in [3.8, 4) is 0 Å². The Labute approximate surface area is 97.1 Å². The molecule has 16 heavy (non-hydrogen) atoms. The number of hydrogen-bond acceptors (Lipinski definition) is 3. The Morgan fingerprint density at radius 3 is 3.12 bits per heavy atom. The molecule has 1 fully saturated rings. The minimum atomic E-state index is 0.773. The minimum Gasteiger partial charge on any atom is -0.372 e. The van der Waals surface area contributed by atoms with E-state index in [1.54, 1.807) is 0 Å². The van der Waals surface area contributed by atoms with Crippen LogP contribution in [0.1, 0.15) is 32.1 Å². The summed E-state index contributed by atoms with van der Waals surface area (Å²) < 4.78 is 0. The number of likely N-dealkylation sites (tertiary alicyclic amines) is 1. The maximum absolute atomic E-state index is 10.7. The van der Waals surface area contributed by atoms with Gasteiger partial charge in [-0.1, -0.05) is 0 Å². The van der Waals surface area contributed by atoms with E-state index in [0.717, 1.165) is 57.8 Å². The molecule has 0 radical (unpaired) electrons. The van der Waals surface area contributed by atoms with Gasteiger partial charge in [-0.15, -0.1) is 0 Å². The van der Waals surface area contributed by atoms with Crippen molar-refractivity contribution in [1.29, 1.82) is 0 Å². The number of nitrogens with zero attached hydrogens (tertiary/aromatic N) is 2.